The highest BCUT2D eigenvalue weighted by molar-refractivity contribution is 5.92. The second kappa shape index (κ2) is 6.53. The molecule has 1 saturated carbocycles. The van der Waals surface area contributed by atoms with E-state index in [1.807, 2.05) is 18.7 Å². The van der Waals surface area contributed by atoms with Crippen LogP contribution in [0.25, 0.3) is 0 Å². The molecule has 0 bridgehead atoms. The number of aromatic nitrogens is 1. The van der Waals surface area contributed by atoms with E-state index in [1.54, 1.807) is 18.3 Å². The summed E-state index contributed by atoms with van der Waals surface area (Å²) in [5.41, 5.74) is 1.16. The van der Waals surface area contributed by atoms with Crippen molar-refractivity contribution in [3.8, 4) is 11.8 Å². The van der Waals surface area contributed by atoms with E-state index in [0.717, 1.165) is 6.54 Å². The summed E-state index contributed by atoms with van der Waals surface area (Å²) in [6, 6.07) is 3.64. The Kier molecular flexibility index (Phi) is 4.75. The first-order valence-electron chi connectivity index (χ1n) is 6.98. The predicted molar refractivity (Wildman–Crippen MR) is 77.1 cm³/mol. The van der Waals surface area contributed by atoms with Crippen LogP contribution in [0.1, 0.15) is 42.7 Å². The molecule has 1 N–H and O–H groups in total. The van der Waals surface area contributed by atoms with Crippen molar-refractivity contribution in [3.63, 3.8) is 0 Å². The van der Waals surface area contributed by atoms with E-state index in [0.29, 0.717) is 17.2 Å². The van der Waals surface area contributed by atoms with Gasteiger partial charge in [0.1, 0.15) is 12.3 Å². The largest absolute Gasteiger partial charge is 0.384 e. The zero-order valence-corrected chi connectivity index (χ0v) is 12.0. The third kappa shape index (κ3) is 3.82. The summed E-state index contributed by atoms with van der Waals surface area (Å²) in [5.74, 6) is 5.97. The Labute approximate surface area is 119 Å². The van der Waals surface area contributed by atoms with Gasteiger partial charge in [0.05, 0.1) is 0 Å². The average molecular weight is 272 g/mol. The van der Waals surface area contributed by atoms with Crippen LogP contribution in [0, 0.1) is 17.8 Å². The lowest BCUT2D eigenvalue weighted by Gasteiger charge is -2.26. The SMILES string of the molecule is CC(C)N(CC1CC1)C(=O)c1ccc(C#CCO)cn1. The molecule has 0 aromatic carbocycles. The van der Waals surface area contributed by atoms with Crippen LogP contribution in [0.15, 0.2) is 18.3 Å². The maximum absolute atomic E-state index is 12.5. The molecular formula is C16H20N2O2. The van der Waals surface area contributed by atoms with Crippen molar-refractivity contribution in [2.75, 3.05) is 13.2 Å². The van der Waals surface area contributed by atoms with Crippen LogP contribution >= 0.6 is 0 Å². The van der Waals surface area contributed by atoms with Gasteiger partial charge in [-0.3, -0.25) is 4.79 Å². The maximum atomic E-state index is 12.5. The topological polar surface area (TPSA) is 53.4 Å². The maximum Gasteiger partial charge on any atom is 0.272 e. The average Bonchev–Trinajstić information content (AvgIpc) is 3.26. The number of aliphatic hydroxyl groups excluding tert-OH is 1. The van der Waals surface area contributed by atoms with Gasteiger partial charge in [0.25, 0.3) is 5.91 Å². The molecular weight excluding hydrogens is 252 g/mol. The molecule has 1 aliphatic rings. The Morgan fingerprint density at radius 2 is 2.25 bits per heavy atom. The minimum absolute atomic E-state index is 0.0198. The molecule has 0 aliphatic heterocycles. The lowest BCUT2D eigenvalue weighted by Crippen LogP contribution is -2.38. The molecule has 1 aromatic rings. The number of hydrogen-bond acceptors (Lipinski definition) is 3. The number of nitrogens with zero attached hydrogens (tertiary/aromatic N) is 2. The molecule has 0 atom stereocenters. The van der Waals surface area contributed by atoms with E-state index in [9.17, 15) is 4.79 Å². The third-order valence-corrected chi connectivity index (χ3v) is 3.33. The summed E-state index contributed by atoms with van der Waals surface area (Å²) in [6.45, 7) is 4.70. The molecule has 0 radical (unpaired) electrons. The summed E-state index contributed by atoms with van der Waals surface area (Å²) < 4.78 is 0. The highest BCUT2D eigenvalue weighted by atomic mass is 16.2. The molecule has 1 aliphatic carbocycles. The summed E-state index contributed by atoms with van der Waals surface area (Å²) in [6.07, 6.45) is 4.02. The molecule has 0 unspecified atom stereocenters. The Hall–Kier alpha value is -1.86. The van der Waals surface area contributed by atoms with E-state index in [2.05, 4.69) is 16.8 Å². The van der Waals surface area contributed by atoms with Gasteiger partial charge >= 0.3 is 0 Å². The highest BCUT2D eigenvalue weighted by Crippen LogP contribution is 2.30. The van der Waals surface area contributed by atoms with Gasteiger partial charge in [-0.2, -0.15) is 0 Å². The molecule has 1 amide bonds. The van der Waals surface area contributed by atoms with Crippen LogP contribution in [0.3, 0.4) is 0 Å². The fourth-order valence-corrected chi connectivity index (χ4v) is 1.99. The number of carbonyl (C=O) groups excluding carboxylic acids is 1. The van der Waals surface area contributed by atoms with Gasteiger partial charge in [0.2, 0.25) is 0 Å². The van der Waals surface area contributed by atoms with E-state index >= 15 is 0 Å². The Bertz CT molecular complexity index is 522. The van der Waals surface area contributed by atoms with Crippen LogP contribution in [-0.2, 0) is 0 Å². The molecule has 1 aromatic heterocycles. The lowest BCUT2D eigenvalue weighted by atomic mass is 10.2. The minimum atomic E-state index is -0.177. The second-order valence-corrected chi connectivity index (χ2v) is 5.39. The standard InChI is InChI=1S/C16H20N2O2/c1-12(2)18(11-14-5-6-14)16(20)15-8-7-13(10-17-15)4-3-9-19/h7-8,10,12,14,19H,5-6,9,11H2,1-2H3. The normalized spacial score (nSPS) is 13.8. The van der Waals surface area contributed by atoms with Gasteiger partial charge in [-0.1, -0.05) is 11.8 Å². The van der Waals surface area contributed by atoms with Crippen LogP contribution in [0.2, 0.25) is 0 Å². The van der Waals surface area contributed by atoms with E-state index < -0.39 is 0 Å². The smallest absolute Gasteiger partial charge is 0.272 e. The molecule has 0 saturated heterocycles. The molecule has 4 nitrogen and oxygen atoms in total. The summed E-state index contributed by atoms with van der Waals surface area (Å²) in [7, 11) is 0. The van der Waals surface area contributed by atoms with Crippen molar-refractivity contribution in [2.45, 2.75) is 32.7 Å². The highest BCUT2D eigenvalue weighted by Gasteiger charge is 2.29. The van der Waals surface area contributed by atoms with E-state index in [4.69, 9.17) is 5.11 Å². The van der Waals surface area contributed by atoms with Crippen molar-refractivity contribution in [1.82, 2.24) is 9.88 Å². The number of rotatable bonds is 4. The van der Waals surface area contributed by atoms with Crippen molar-refractivity contribution in [1.29, 1.82) is 0 Å². The quantitative estimate of drug-likeness (QED) is 0.849. The van der Waals surface area contributed by atoms with Crippen LogP contribution in [0.4, 0.5) is 0 Å². The van der Waals surface area contributed by atoms with Crippen molar-refractivity contribution >= 4 is 5.91 Å². The van der Waals surface area contributed by atoms with Gasteiger partial charge in [0.15, 0.2) is 0 Å². The number of hydrogen-bond donors (Lipinski definition) is 1. The monoisotopic (exact) mass is 272 g/mol. The predicted octanol–water partition coefficient (Wildman–Crippen LogP) is 1.69. The van der Waals surface area contributed by atoms with Gasteiger partial charge in [-0.25, -0.2) is 4.98 Å². The Morgan fingerprint density at radius 3 is 2.75 bits per heavy atom. The first kappa shape index (κ1) is 14.5. The summed E-state index contributed by atoms with van der Waals surface area (Å²) in [4.78, 5) is 18.5. The van der Waals surface area contributed by atoms with Gasteiger partial charge in [-0.15, -0.1) is 0 Å². The molecule has 20 heavy (non-hydrogen) atoms. The van der Waals surface area contributed by atoms with Crippen LogP contribution in [-0.4, -0.2) is 40.1 Å². The number of aliphatic hydroxyl groups is 1. The second-order valence-electron chi connectivity index (χ2n) is 5.39. The number of pyridine rings is 1. The molecule has 4 heteroatoms. The summed E-state index contributed by atoms with van der Waals surface area (Å²) in [5, 5.41) is 8.64. The number of carbonyl (C=O) groups is 1. The van der Waals surface area contributed by atoms with Gasteiger partial charge < -0.3 is 10.0 Å². The van der Waals surface area contributed by atoms with Crippen molar-refractivity contribution in [3.05, 3.63) is 29.6 Å². The fraction of sp³-hybridized carbons (Fsp3) is 0.500. The van der Waals surface area contributed by atoms with Crippen LogP contribution < -0.4 is 0 Å². The van der Waals surface area contributed by atoms with Gasteiger partial charge in [0, 0.05) is 24.3 Å². The molecule has 0 spiro atoms. The van der Waals surface area contributed by atoms with Gasteiger partial charge in [-0.05, 0) is 44.7 Å². The first-order chi connectivity index (χ1) is 9.61. The minimum Gasteiger partial charge on any atom is -0.384 e. The Morgan fingerprint density at radius 1 is 1.50 bits per heavy atom. The first-order valence-corrected chi connectivity index (χ1v) is 6.98. The zero-order chi connectivity index (χ0) is 14.5. The molecule has 1 heterocycles. The molecule has 106 valence electrons. The van der Waals surface area contributed by atoms with E-state index in [-0.39, 0.29) is 18.6 Å². The fourth-order valence-electron chi connectivity index (χ4n) is 1.99. The van der Waals surface area contributed by atoms with E-state index in [1.165, 1.54) is 12.8 Å². The molecule has 2 rings (SSSR count). The van der Waals surface area contributed by atoms with Crippen molar-refractivity contribution in [2.24, 2.45) is 5.92 Å². The summed E-state index contributed by atoms with van der Waals surface area (Å²) >= 11 is 0. The third-order valence-electron chi connectivity index (χ3n) is 3.33. The molecule has 1 fully saturated rings. The lowest BCUT2D eigenvalue weighted by molar-refractivity contribution is 0.0690. The van der Waals surface area contributed by atoms with Crippen molar-refractivity contribution < 1.29 is 9.90 Å². The zero-order valence-electron chi connectivity index (χ0n) is 12.0. The Balaban J connectivity index is 2.09. The van der Waals surface area contributed by atoms with Crippen LogP contribution in [0.5, 0.6) is 0 Å². The number of amides is 1.